The van der Waals surface area contributed by atoms with Gasteiger partial charge in [0.2, 0.25) is 5.91 Å². The van der Waals surface area contributed by atoms with Crippen molar-refractivity contribution in [1.29, 1.82) is 0 Å². The van der Waals surface area contributed by atoms with Gasteiger partial charge in [-0.15, -0.1) is 0 Å². The van der Waals surface area contributed by atoms with Crippen LogP contribution in [0.3, 0.4) is 0 Å². The molecular weight excluding hydrogens is 430 g/mol. The van der Waals surface area contributed by atoms with Crippen LogP contribution >= 0.6 is 0 Å². The first kappa shape index (κ1) is 21.6. The third-order valence-electron chi connectivity index (χ3n) is 6.83. The third kappa shape index (κ3) is 3.06. The number of aliphatic carboxylic acids is 1. The van der Waals surface area contributed by atoms with Gasteiger partial charge in [0.15, 0.2) is 5.60 Å². The molecule has 0 fully saturated rings. The van der Waals surface area contributed by atoms with Crippen molar-refractivity contribution in [1.82, 2.24) is 0 Å². The molecule has 4 unspecified atom stereocenters. The number of aryl methyl sites for hydroxylation is 1. The number of anilines is 1. The van der Waals surface area contributed by atoms with Crippen molar-refractivity contribution < 1.29 is 24.2 Å². The Morgan fingerprint density at radius 2 is 1.65 bits per heavy atom. The fraction of sp³-hybridized carbons (Fsp3) is 0.179. The maximum atomic E-state index is 13.7. The number of esters is 1. The van der Waals surface area contributed by atoms with E-state index >= 15 is 0 Å². The number of hydrogen-bond acceptors (Lipinski definition) is 4. The molecule has 1 amide bonds. The van der Waals surface area contributed by atoms with E-state index in [4.69, 9.17) is 4.74 Å². The number of benzene rings is 3. The van der Waals surface area contributed by atoms with E-state index in [-0.39, 0.29) is 0 Å². The van der Waals surface area contributed by atoms with E-state index in [0.717, 1.165) is 22.8 Å². The molecule has 3 aromatic rings. The maximum absolute atomic E-state index is 13.7. The largest absolute Gasteiger partial charge is 0.481 e. The molecule has 2 bridgehead atoms. The lowest BCUT2D eigenvalue weighted by Gasteiger charge is -2.54. The van der Waals surface area contributed by atoms with E-state index < -0.39 is 41.2 Å². The van der Waals surface area contributed by atoms with Gasteiger partial charge in [-0.1, -0.05) is 72.8 Å². The second kappa shape index (κ2) is 7.99. The predicted octanol–water partition coefficient (Wildman–Crippen LogP) is 4.38. The number of carboxylic acid groups (broad SMARTS) is 1. The molecule has 0 aromatic heterocycles. The molecule has 6 rings (SSSR count). The molecule has 6 heteroatoms. The molecule has 4 atom stereocenters. The second-order valence-corrected chi connectivity index (χ2v) is 8.71. The van der Waals surface area contributed by atoms with Crippen LogP contribution in [0.1, 0.15) is 33.7 Å². The Kier molecular flexibility index (Phi) is 5.09. The Balaban J connectivity index is 1.80. The Morgan fingerprint density at radius 3 is 2.35 bits per heavy atom. The van der Waals surface area contributed by atoms with E-state index in [1.165, 1.54) is 0 Å². The Morgan fingerprint density at radius 1 is 0.971 bits per heavy atom. The van der Waals surface area contributed by atoms with Crippen LogP contribution in [-0.2, 0) is 24.7 Å². The normalized spacial score (nSPS) is 23.9. The minimum Gasteiger partial charge on any atom is -0.481 e. The van der Waals surface area contributed by atoms with Crippen molar-refractivity contribution in [3.63, 3.8) is 0 Å². The molecule has 0 radical (unpaired) electrons. The van der Waals surface area contributed by atoms with Crippen LogP contribution in [0.15, 0.2) is 85.5 Å². The number of ether oxygens (including phenoxy) is 1. The fourth-order valence-electron chi connectivity index (χ4n) is 5.60. The lowest BCUT2D eigenvalue weighted by Crippen LogP contribution is -2.59. The van der Waals surface area contributed by atoms with Crippen LogP contribution in [0.4, 0.5) is 5.69 Å². The summed E-state index contributed by atoms with van der Waals surface area (Å²) in [7, 11) is 0. The summed E-state index contributed by atoms with van der Waals surface area (Å²) in [6.07, 6.45) is 1.02. The summed E-state index contributed by atoms with van der Waals surface area (Å²) in [4.78, 5) is 39.3. The number of carboxylic acids is 1. The second-order valence-electron chi connectivity index (χ2n) is 8.71. The van der Waals surface area contributed by atoms with E-state index in [0.29, 0.717) is 16.8 Å². The summed E-state index contributed by atoms with van der Waals surface area (Å²) in [6, 6.07) is 21.9. The zero-order valence-electron chi connectivity index (χ0n) is 18.5. The first-order valence-electron chi connectivity index (χ1n) is 11.0. The number of rotatable bonds is 5. The van der Waals surface area contributed by atoms with Crippen molar-refractivity contribution in [2.24, 2.45) is 11.8 Å². The van der Waals surface area contributed by atoms with Crippen molar-refractivity contribution in [2.45, 2.75) is 18.4 Å². The number of para-hydroxylation sites is 1. The minimum absolute atomic E-state index is 0.441. The summed E-state index contributed by atoms with van der Waals surface area (Å²) < 4.78 is 6.01. The van der Waals surface area contributed by atoms with E-state index in [1.807, 2.05) is 43.3 Å². The van der Waals surface area contributed by atoms with Crippen LogP contribution in [0.2, 0.25) is 0 Å². The van der Waals surface area contributed by atoms with Crippen LogP contribution in [0.25, 0.3) is 0 Å². The molecule has 0 saturated heterocycles. The van der Waals surface area contributed by atoms with Gasteiger partial charge < -0.3 is 15.2 Å². The molecule has 6 nitrogen and oxygen atoms in total. The summed E-state index contributed by atoms with van der Waals surface area (Å²) >= 11 is 0. The minimum atomic E-state index is -1.68. The lowest BCUT2D eigenvalue weighted by atomic mass is 9.51. The molecule has 3 aromatic carbocycles. The highest BCUT2D eigenvalue weighted by atomic mass is 16.6. The first-order valence-corrected chi connectivity index (χ1v) is 11.0. The Labute approximate surface area is 196 Å². The molecule has 34 heavy (non-hydrogen) atoms. The molecular formula is C28H23NO5. The molecule has 0 heterocycles. The summed E-state index contributed by atoms with van der Waals surface area (Å²) in [5, 5.41) is 13.4. The summed E-state index contributed by atoms with van der Waals surface area (Å²) in [5.74, 6) is -5.27. The Hall–Kier alpha value is -4.19. The summed E-state index contributed by atoms with van der Waals surface area (Å²) in [5.41, 5.74) is 2.53. The molecule has 0 saturated carbocycles. The van der Waals surface area contributed by atoms with Crippen molar-refractivity contribution in [3.05, 3.63) is 113 Å². The number of carbonyl (C=O) groups excluding carboxylic acids is 2. The van der Waals surface area contributed by atoms with Gasteiger partial charge in [0.1, 0.15) is 5.92 Å². The van der Waals surface area contributed by atoms with Gasteiger partial charge in [0, 0.05) is 28.8 Å². The number of carbonyl (C=O) groups is 3. The topological polar surface area (TPSA) is 92.7 Å². The van der Waals surface area contributed by atoms with E-state index in [2.05, 4.69) is 11.9 Å². The van der Waals surface area contributed by atoms with Crippen LogP contribution < -0.4 is 5.32 Å². The van der Waals surface area contributed by atoms with Gasteiger partial charge in [0.25, 0.3) is 0 Å². The van der Waals surface area contributed by atoms with Crippen molar-refractivity contribution in [3.8, 4) is 0 Å². The van der Waals surface area contributed by atoms with Gasteiger partial charge >= 0.3 is 11.9 Å². The molecule has 0 spiro atoms. The molecule has 2 N–H and O–H groups in total. The highest BCUT2D eigenvalue weighted by molar-refractivity contribution is 5.98. The fourth-order valence-corrected chi connectivity index (χ4v) is 5.60. The predicted molar refractivity (Wildman–Crippen MR) is 126 cm³/mol. The number of amides is 1. The highest BCUT2D eigenvalue weighted by Gasteiger charge is 2.66. The molecule has 170 valence electrons. The van der Waals surface area contributed by atoms with Gasteiger partial charge in [-0.05, 0) is 30.2 Å². The lowest BCUT2D eigenvalue weighted by molar-refractivity contribution is -0.176. The zero-order valence-corrected chi connectivity index (χ0v) is 18.5. The highest BCUT2D eigenvalue weighted by Crippen LogP contribution is 2.62. The quantitative estimate of drug-likeness (QED) is 0.442. The van der Waals surface area contributed by atoms with Crippen LogP contribution in [0, 0.1) is 18.8 Å². The molecule has 3 aliphatic rings. The van der Waals surface area contributed by atoms with Crippen LogP contribution in [0.5, 0.6) is 0 Å². The van der Waals surface area contributed by atoms with Gasteiger partial charge in [-0.25, -0.2) is 4.79 Å². The first-order chi connectivity index (χ1) is 16.4. The third-order valence-corrected chi connectivity index (χ3v) is 6.83. The SMILES string of the molecule is C=CC(=O)OC12c3ccccc3C(c3ccc(C)cc31)C(C(=O)Nc1ccccc1)C2C(=O)O. The van der Waals surface area contributed by atoms with Gasteiger partial charge in [0.05, 0.1) is 5.92 Å². The number of nitrogens with one attached hydrogen (secondary N) is 1. The zero-order chi connectivity index (χ0) is 24.0. The maximum Gasteiger partial charge on any atom is 0.331 e. The van der Waals surface area contributed by atoms with Crippen LogP contribution in [-0.4, -0.2) is 23.0 Å². The monoisotopic (exact) mass is 453 g/mol. The van der Waals surface area contributed by atoms with Gasteiger partial charge in [-0.3, -0.25) is 9.59 Å². The number of hydrogen-bond donors (Lipinski definition) is 2. The average molecular weight is 453 g/mol. The standard InChI is InChI=1S/C28H23NO5/c1-3-22(30)34-28-20-12-8-7-11-18(20)23(19-14-13-16(2)15-21(19)28)24(25(28)27(32)33)26(31)29-17-9-5-4-6-10-17/h3-15,23-25H,1H2,2H3,(H,29,31)(H,32,33). The van der Waals surface area contributed by atoms with Gasteiger partial charge in [-0.2, -0.15) is 0 Å². The average Bonchev–Trinajstić information content (AvgIpc) is 2.84. The van der Waals surface area contributed by atoms with E-state index in [1.54, 1.807) is 36.4 Å². The van der Waals surface area contributed by atoms with E-state index in [9.17, 15) is 19.5 Å². The Bertz CT molecular complexity index is 1330. The molecule has 0 aliphatic heterocycles. The van der Waals surface area contributed by atoms with Crippen molar-refractivity contribution in [2.75, 3.05) is 5.32 Å². The molecule has 3 aliphatic carbocycles. The summed E-state index contributed by atoms with van der Waals surface area (Å²) in [6.45, 7) is 5.41. The van der Waals surface area contributed by atoms with Crippen molar-refractivity contribution >= 4 is 23.5 Å². The number of fused-ring (bicyclic) bond motifs is 1. The smallest absolute Gasteiger partial charge is 0.331 e.